The summed E-state index contributed by atoms with van der Waals surface area (Å²) in [5.74, 6) is -0.899. The summed E-state index contributed by atoms with van der Waals surface area (Å²) >= 11 is 0. The van der Waals surface area contributed by atoms with E-state index in [0.29, 0.717) is 19.3 Å². The molecular formula is C71H120O6. The fraction of sp³-hybridized carbons (Fsp3) is 0.704. The van der Waals surface area contributed by atoms with Gasteiger partial charge in [-0.1, -0.05) is 284 Å². The van der Waals surface area contributed by atoms with Crippen LogP contribution in [0.2, 0.25) is 0 Å². The van der Waals surface area contributed by atoms with E-state index in [1.54, 1.807) is 0 Å². The van der Waals surface area contributed by atoms with E-state index in [9.17, 15) is 14.4 Å². The lowest BCUT2D eigenvalue weighted by Gasteiger charge is -2.18. The molecule has 1 atom stereocenters. The van der Waals surface area contributed by atoms with Crippen LogP contribution < -0.4 is 0 Å². The molecule has 77 heavy (non-hydrogen) atoms. The summed E-state index contributed by atoms with van der Waals surface area (Å²) in [6.07, 6.45) is 88.1. The standard InChI is InChI=1S/C71H120O6/c1-4-7-10-13-16-19-22-25-27-28-29-30-31-32-33-34-35-36-37-38-39-40-41-42-44-46-49-52-55-58-61-64-70(73)76-67-68(66-75-69(72)63-60-57-54-51-48-45-24-21-18-15-12-9-6-3)77-71(74)65-62-59-56-53-50-47-43-26-23-20-17-14-11-8-5-2/h7,10,16,19,21,24-25,27,29-30,32-33,35-36,38-39,41-42,68H,4-6,8-9,11-15,17-18,20,22-23,26,28,31,34,37,40,43-67H2,1-3H3/b10-7-,19-16-,24-21-,27-25-,30-29-,33-32-,36-35-,39-38-,42-41-. The van der Waals surface area contributed by atoms with E-state index in [1.807, 2.05) is 0 Å². The van der Waals surface area contributed by atoms with Gasteiger partial charge in [-0.2, -0.15) is 0 Å². The van der Waals surface area contributed by atoms with Crippen LogP contribution in [0.5, 0.6) is 0 Å². The summed E-state index contributed by atoms with van der Waals surface area (Å²) in [4.78, 5) is 38.3. The Morgan fingerprint density at radius 2 is 0.506 bits per heavy atom. The topological polar surface area (TPSA) is 78.9 Å². The highest BCUT2D eigenvalue weighted by Crippen LogP contribution is 2.16. The minimum atomic E-state index is -0.787. The molecule has 6 nitrogen and oxygen atoms in total. The third-order valence-corrected chi connectivity index (χ3v) is 13.8. The zero-order valence-electron chi connectivity index (χ0n) is 50.4. The number of hydrogen-bond acceptors (Lipinski definition) is 6. The normalized spacial score (nSPS) is 12.8. The number of allylic oxidation sites excluding steroid dienone is 18. The van der Waals surface area contributed by atoms with Crippen molar-refractivity contribution in [3.63, 3.8) is 0 Å². The molecule has 0 N–H and O–H groups in total. The second-order valence-corrected chi connectivity index (χ2v) is 21.3. The third-order valence-electron chi connectivity index (χ3n) is 13.8. The van der Waals surface area contributed by atoms with E-state index >= 15 is 0 Å². The van der Waals surface area contributed by atoms with Gasteiger partial charge in [-0.15, -0.1) is 0 Å². The molecule has 0 saturated carbocycles. The molecule has 440 valence electrons. The minimum absolute atomic E-state index is 0.0849. The Morgan fingerprint density at radius 1 is 0.273 bits per heavy atom. The Hall–Kier alpha value is -3.93. The molecule has 0 radical (unpaired) electrons. The molecule has 0 aromatic heterocycles. The number of hydrogen-bond donors (Lipinski definition) is 0. The summed E-state index contributed by atoms with van der Waals surface area (Å²) in [5, 5.41) is 0. The van der Waals surface area contributed by atoms with Crippen molar-refractivity contribution in [3.05, 3.63) is 109 Å². The molecule has 0 aliphatic heterocycles. The third kappa shape index (κ3) is 62.8. The lowest BCUT2D eigenvalue weighted by Crippen LogP contribution is -2.30. The molecule has 0 amide bonds. The Morgan fingerprint density at radius 3 is 0.818 bits per heavy atom. The van der Waals surface area contributed by atoms with Gasteiger partial charge in [-0.25, -0.2) is 0 Å². The van der Waals surface area contributed by atoms with Crippen LogP contribution in [0.4, 0.5) is 0 Å². The summed E-state index contributed by atoms with van der Waals surface area (Å²) in [7, 11) is 0. The van der Waals surface area contributed by atoms with Crippen LogP contribution in [0.1, 0.15) is 303 Å². The largest absolute Gasteiger partial charge is 0.462 e. The lowest BCUT2D eigenvalue weighted by molar-refractivity contribution is -0.167. The van der Waals surface area contributed by atoms with E-state index in [2.05, 4.69) is 130 Å². The lowest BCUT2D eigenvalue weighted by atomic mass is 10.0. The van der Waals surface area contributed by atoms with Crippen molar-refractivity contribution >= 4 is 17.9 Å². The first-order valence-electron chi connectivity index (χ1n) is 32.4. The SMILES string of the molecule is CC/C=C\C/C=C\C/C=C\C/C=C\C/C=C\C/C=C\C/C=C\C/C=C\CCCCCCCCC(=O)OCC(COC(=O)CCCCCCC/C=C\CCCCCC)OC(=O)CCCCCCCCCCCCCCCCC. The van der Waals surface area contributed by atoms with Gasteiger partial charge in [0.1, 0.15) is 13.2 Å². The van der Waals surface area contributed by atoms with Gasteiger partial charge >= 0.3 is 17.9 Å². The van der Waals surface area contributed by atoms with Gasteiger partial charge in [0, 0.05) is 19.3 Å². The van der Waals surface area contributed by atoms with Crippen molar-refractivity contribution in [3.8, 4) is 0 Å². The molecule has 0 heterocycles. The minimum Gasteiger partial charge on any atom is -0.462 e. The first-order valence-corrected chi connectivity index (χ1v) is 32.4. The summed E-state index contributed by atoms with van der Waals surface area (Å²) < 4.78 is 16.9. The Bertz CT molecular complexity index is 1560. The van der Waals surface area contributed by atoms with E-state index in [1.165, 1.54) is 135 Å². The number of carbonyl (C=O) groups excluding carboxylic acids is 3. The number of esters is 3. The van der Waals surface area contributed by atoms with Crippen molar-refractivity contribution in [2.75, 3.05) is 13.2 Å². The molecule has 0 fully saturated rings. The zero-order valence-corrected chi connectivity index (χ0v) is 50.4. The van der Waals surface area contributed by atoms with Crippen LogP contribution in [-0.4, -0.2) is 37.2 Å². The van der Waals surface area contributed by atoms with Crippen molar-refractivity contribution in [1.82, 2.24) is 0 Å². The van der Waals surface area contributed by atoms with Gasteiger partial charge in [0.2, 0.25) is 0 Å². The van der Waals surface area contributed by atoms with Gasteiger partial charge in [0.15, 0.2) is 6.10 Å². The summed E-state index contributed by atoms with van der Waals surface area (Å²) in [6, 6.07) is 0. The monoisotopic (exact) mass is 1070 g/mol. The Labute approximate surface area is 476 Å². The van der Waals surface area contributed by atoms with Gasteiger partial charge < -0.3 is 14.2 Å². The molecule has 0 spiro atoms. The molecular weight excluding hydrogens is 949 g/mol. The highest BCUT2D eigenvalue weighted by molar-refractivity contribution is 5.71. The highest BCUT2D eigenvalue weighted by atomic mass is 16.6. The molecule has 0 aromatic carbocycles. The van der Waals surface area contributed by atoms with Crippen LogP contribution in [0.3, 0.4) is 0 Å². The van der Waals surface area contributed by atoms with Crippen molar-refractivity contribution in [1.29, 1.82) is 0 Å². The van der Waals surface area contributed by atoms with Gasteiger partial charge in [0.25, 0.3) is 0 Å². The van der Waals surface area contributed by atoms with Crippen LogP contribution in [-0.2, 0) is 28.6 Å². The maximum absolute atomic E-state index is 12.9. The second-order valence-electron chi connectivity index (χ2n) is 21.3. The fourth-order valence-electron chi connectivity index (χ4n) is 8.92. The van der Waals surface area contributed by atoms with Crippen molar-refractivity contribution < 1.29 is 28.6 Å². The number of carbonyl (C=O) groups is 3. The van der Waals surface area contributed by atoms with Crippen LogP contribution in [0.25, 0.3) is 0 Å². The van der Waals surface area contributed by atoms with E-state index in [-0.39, 0.29) is 31.1 Å². The second kappa shape index (κ2) is 64.6. The first-order chi connectivity index (χ1) is 38.0. The maximum atomic E-state index is 12.9. The average molecular weight is 1070 g/mol. The summed E-state index contributed by atoms with van der Waals surface area (Å²) in [5.41, 5.74) is 0. The molecule has 0 saturated heterocycles. The number of rotatable bonds is 58. The van der Waals surface area contributed by atoms with Crippen molar-refractivity contribution in [2.45, 2.75) is 309 Å². The smallest absolute Gasteiger partial charge is 0.306 e. The van der Waals surface area contributed by atoms with Gasteiger partial charge in [0.05, 0.1) is 0 Å². The quantitative estimate of drug-likeness (QED) is 0.0261. The van der Waals surface area contributed by atoms with Crippen LogP contribution in [0.15, 0.2) is 109 Å². The van der Waals surface area contributed by atoms with E-state index in [0.717, 1.165) is 128 Å². The summed E-state index contributed by atoms with van der Waals surface area (Å²) in [6.45, 7) is 6.51. The van der Waals surface area contributed by atoms with E-state index < -0.39 is 6.10 Å². The zero-order chi connectivity index (χ0) is 55.7. The average Bonchev–Trinajstić information content (AvgIpc) is 3.43. The molecule has 0 bridgehead atoms. The predicted octanol–water partition coefficient (Wildman–Crippen LogP) is 22.2. The van der Waals surface area contributed by atoms with Gasteiger partial charge in [-0.05, 0) is 109 Å². The maximum Gasteiger partial charge on any atom is 0.306 e. The van der Waals surface area contributed by atoms with Crippen molar-refractivity contribution in [2.24, 2.45) is 0 Å². The van der Waals surface area contributed by atoms with Crippen LogP contribution in [0, 0.1) is 0 Å². The van der Waals surface area contributed by atoms with Gasteiger partial charge in [-0.3, -0.25) is 14.4 Å². The first kappa shape index (κ1) is 73.1. The molecule has 1 unspecified atom stereocenters. The molecule has 0 aliphatic carbocycles. The van der Waals surface area contributed by atoms with Crippen LogP contribution >= 0.6 is 0 Å². The number of unbranched alkanes of at least 4 members (excludes halogenated alkanes) is 29. The van der Waals surface area contributed by atoms with E-state index in [4.69, 9.17) is 14.2 Å². The molecule has 6 heteroatoms. The highest BCUT2D eigenvalue weighted by Gasteiger charge is 2.19. The molecule has 0 aliphatic rings. The predicted molar refractivity (Wildman–Crippen MR) is 334 cm³/mol. The Balaban J connectivity index is 4.30. The molecule has 0 aromatic rings. The fourth-order valence-corrected chi connectivity index (χ4v) is 8.92. The Kier molecular flexibility index (Phi) is 61.3. The number of ether oxygens (including phenoxy) is 3. The molecule has 0 rings (SSSR count).